The average molecular weight is 404 g/mol. The molecule has 1 N–H and O–H groups in total. The standard InChI is InChI=1S/C20H18ClNO6/c21-15-4-2-14(3-5-15)16(23)6-8-20(25)26-11-19(24)22-10-13-1-7-17-18(9-13)28-12-27-17/h1-5,7,9H,6,8,10-12H2,(H,22,24). The smallest absolute Gasteiger partial charge is 0.306 e. The summed E-state index contributed by atoms with van der Waals surface area (Å²) in [7, 11) is 0. The van der Waals surface area contributed by atoms with Crippen LogP contribution in [0.3, 0.4) is 0 Å². The SMILES string of the molecule is O=C(COC(=O)CCC(=O)c1ccc(Cl)cc1)NCc1ccc2c(c1)OCO2. The van der Waals surface area contributed by atoms with E-state index in [0.717, 1.165) is 5.56 Å². The third-order valence-corrected chi connectivity index (χ3v) is 4.27. The molecule has 1 amide bonds. The molecular formula is C20H18ClNO6. The van der Waals surface area contributed by atoms with Gasteiger partial charge in [-0.3, -0.25) is 14.4 Å². The van der Waals surface area contributed by atoms with Gasteiger partial charge in [-0.2, -0.15) is 0 Å². The Morgan fingerprint density at radius 1 is 1.00 bits per heavy atom. The zero-order chi connectivity index (χ0) is 19.9. The van der Waals surface area contributed by atoms with E-state index in [1.54, 1.807) is 36.4 Å². The first kappa shape index (κ1) is 19.7. The first-order valence-electron chi connectivity index (χ1n) is 8.61. The van der Waals surface area contributed by atoms with Crippen LogP contribution in [0.2, 0.25) is 5.02 Å². The molecule has 2 aromatic rings. The van der Waals surface area contributed by atoms with Crippen molar-refractivity contribution in [1.29, 1.82) is 0 Å². The van der Waals surface area contributed by atoms with Gasteiger partial charge in [0, 0.05) is 23.6 Å². The van der Waals surface area contributed by atoms with Gasteiger partial charge in [-0.15, -0.1) is 0 Å². The summed E-state index contributed by atoms with van der Waals surface area (Å²) in [6, 6.07) is 11.8. The first-order valence-corrected chi connectivity index (χ1v) is 8.98. The predicted molar refractivity (Wildman–Crippen MR) is 100 cm³/mol. The lowest BCUT2D eigenvalue weighted by molar-refractivity contribution is -0.148. The lowest BCUT2D eigenvalue weighted by Gasteiger charge is -2.07. The molecule has 146 valence electrons. The van der Waals surface area contributed by atoms with Gasteiger partial charge in [-0.05, 0) is 42.0 Å². The number of nitrogens with one attached hydrogen (secondary N) is 1. The Kier molecular flexibility index (Phi) is 6.49. The number of halogens is 1. The van der Waals surface area contributed by atoms with Crippen molar-refractivity contribution >= 4 is 29.3 Å². The molecule has 2 aromatic carbocycles. The van der Waals surface area contributed by atoms with E-state index in [4.69, 9.17) is 25.8 Å². The third-order valence-electron chi connectivity index (χ3n) is 4.01. The largest absolute Gasteiger partial charge is 0.456 e. The molecule has 28 heavy (non-hydrogen) atoms. The van der Waals surface area contributed by atoms with E-state index < -0.39 is 18.5 Å². The van der Waals surface area contributed by atoms with E-state index in [2.05, 4.69) is 5.32 Å². The van der Waals surface area contributed by atoms with Gasteiger partial charge in [-0.25, -0.2) is 0 Å². The Morgan fingerprint density at radius 3 is 2.54 bits per heavy atom. The lowest BCUT2D eigenvalue weighted by atomic mass is 10.1. The first-order chi connectivity index (χ1) is 13.5. The molecule has 0 atom stereocenters. The highest BCUT2D eigenvalue weighted by molar-refractivity contribution is 6.30. The van der Waals surface area contributed by atoms with Crippen molar-refractivity contribution in [3.8, 4) is 11.5 Å². The highest BCUT2D eigenvalue weighted by Crippen LogP contribution is 2.32. The molecule has 0 aliphatic carbocycles. The maximum Gasteiger partial charge on any atom is 0.306 e. The number of esters is 1. The van der Waals surface area contributed by atoms with Crippen LogP contribution in [0.1, 0.15) is 28.8 Å². The number of ketones is 1. The minimum atomic E-state index is -0.611. The van der Waals surface area contributed by atoms with Gasteiger partial charge in [-0.1, -0.05) is 17.7 Å². The summed E-state index contributed by atoms with van der Waals surface area (Å²) in [6.07, 6.45) is -0.101. The molecule has 0 radical (unpaired) electrons. The second-order valence-electron chi connectivity index (χ2n) is 6.06. The molecule has 0 unspecified atom stereocenters. The number of fused-ring (bicyclic) bond motifs is 1. The van der Waals surface area contributed by atoms with E-state index in [-0.39, 0.29) is 32.0 Å². The van der Waals surface area contributed by atoms with Gasteiger partial charge in [0.2, 0.25) is 6.79 Å². The van der Waals surface area contributed by atoms with E-state index in [9.17, 15) is 14.4 Å². The second kappa shape index (κ2) is 9.23. The molecule has 0 bridgehead atoms. The minimum absolute atomic E-state index is 0.000713. The number of carbonyl (C=O) groups excluding carboxylic acids is 3. The van der Waals surface area contributed by atoms with Gasteiger partial charge in [0.05, 0.1) is 6.42 Å². The van der Waals surface area contributed by atoms with E-state index in [1.807, 2.05) is 6.07 Å². The summed E-state index contributed by atoms with van der Waals surface area (Å²) in [6.45, 7) is 0.0439. The van der Waals surface area contributed by atoms with Crippen LogP contribution in [0.25, 0.3) is 0 Å². The molecule has 0 spiro atoms. The van der Waals surface area contributed by atoms with Crippen LogP contribution < -0.4 is 14.8 Å². The van der Waals surface area contributed by atoms with Crippen LogP contribution in [-0.2, 0) is 20.9 Å². The molecule has 7 nitrogen and oxygen atoms in total. The second-order valence-corrected chi connectivity index (χ2v) is 6.49. The highest BCUT2D eigenvalue weighted by Gasteiger charge is 2.14. The number of hydrogen-bond acceptors (Lipinski definition) is 6. The van der Waals surface area contributed by atoms with Crippen LogP contribution in [-0.4, -0.2) is 31.1 Å². The summed E-state index contributed by atoms with van der Waals surface area (Å²) in [4.78, 5) is 35.5. The minimum Gasteiger partial charge on any atom is -0.456 e. The summed E-state index contributed by atoms with van der Waals surface area (Å²) in [5, 5.41) is 3.18. The molecule has 1 aliphatic heterocycles. The van der Waals surface area contributed by atoms with Crippen LogP contribution in [0.5, 0.6) is 11.5 Å². The predicted octanol–water partition coefficient (Wildman–Crippen LogP) is 2.89. The number of hydrogen-bond donors (Lipinski definition) is 1. The number of carbonyl (C=O) groups is 3. The van der Waals surface area contributed by atoms with Crippen molar-refractivity contribution in [2.75, 3.05) is 13.4 Å². The lowest BCUT2D eigenvalue weighted by Crippen LogP contribution is -2.28. The molecule has 0 fully saturated rings. The normalized spacial score (nSPS) is 11.8. The Hall–Kier alpha value is -3.06. The monoisotopic (exact) mass is 403 g/mol. The van der Waals surface area contributed by atoms with Crippen molar-refractivity contribution in [1.82, 2.24) is 5.32 Å². The van der Waals surface area contributed by atoms with Crippen LogP contribution in [0.4, 0.5) is 0 Å². The van der Waals surface area contributed by atoms with E-state index in [1.165, 1.54) is 0 Å². The Morgan fingerprint density at radius 2 is 1.75 bits per heavy atom. The van der Waals surface area contributed by atoms with Crippen LogP contribution >= 0.6 is 11.6 Å². The number of Topliss-reactive ketones (excluding diaryl/α,β-unsaturated/α-hetero) is 1. The summed E-state index contributed by atoms with van der Waals surface area (Å²) in [5.74, 6) is 0.0529. The van der Waals surface area contributed by atoms with Crippen molar-refractivity contribution < 1.29 is 28.6 Å². The van der Waals surface area contributed by atoms with Gasteiger partial charge >= 0.3 is 5.97 Å². The summed E-state index contributed by atoms with van der Waals surface area (Å²) < 4.78 is 15.4. The zero-order valence-corrected chi connectivity index (χ0v) is 15.7. The molecule has 3 rings (SSSR count). The molecule has 0 saturated heterocycles. The van der Waals surface area contributed by atoms with E-state index in [0.29, 0.717) is 22.1 Å². The van der Waals surface area contributed by atoms with E-state index >= 15 is 0 Å². The molecule has 0 saturated carbocycles. The number of benzene rings is 2. The van der Waals surface area contributed by atoms with Crippen molar-refractivity contribution in [2.24, 2.45) is 0 Å². The van der Waals surface area contributed by atoms with Crippen LogP contribution in [0, 0.1) is 0 Å². The molecule has 1 heterocycles. The third kappa shape index (κ3) is 5.47. The average Bonchev–Trinajstić information content (AvgIpc) is 3.17. The van der Waals surface area contributed by atoms with Crippen molar-refractivity contribution in [3.63, 3.8) is 0 Å². The van der Waals surface area contributed by atoms with Gasteiger partial charge in [0.25, 0.3) is 5.91 Å². The fourth-order valence-corrected chi connectivity index (χ4v) is 2.64. The van der Waals surface area contributed by atoms with Crippen LogP contribution in [0.15, 0.2) is 42.5 Å². The zero-order valence-electron chi connectivity index (χ0n) is 14.9. The van der Waals surface area contributed by atoms with Gasteiger partial charge < -0.3 is 19.5 Å². The summed E-state index contributed by atoms with van der Waals surface area (Å²) in [5.41, 5.74) is 1.30. The number of rotatable bonds is 8. The Bertz CT molecular complexity index is 881. The molecular weight excluding hydrogens is 386 g/mol. The topological polar surface area (TPSA) is 90.9 Å². The fraction of sp³-hybridized carbons (Fsp3) is 0.250. The maximum atomic E-state index is 12.0. The Balaban J connectivity index is 1.35. The maximum absolute atomic E-state index is 12.0. The van der Waals surface area contributed by atoms with Crippen molar-refractivity contribution in [2.45, 2.75) is 19.4 Å². The number of amides is 1. The fourth-order valence-electron chi connectivity index (χ4n) is 2.52. The molecule has 8 heteroatoms. The molecule has 1 aliphatic rings. The quantitative estimate of drug-likeness (QED) is 0.538. The van der Waals surface area contributed by atoms with Gasteiger partial charge in [0.1, 0.15) is 0 Å². The Labute approximate surface area is 166 Å². The number of ether oxygens (including phenoxy) is 3. The molecule has 0 aromatic heterocycles. The summed E-state index contributed by atoms with van der Waals surface area (Å²) >= 11 is 5.77. The van der Waals surface area contributed by atoms with Crippen molar-refractivity contribution in [3.05, 3.63) is 58.6 Å². The highest BCUT2D eigenvalue weighted by atomic mass is 35.5. The van der Waals surface area contributed by atoms with Gasteiger partial charge in [0.15, 0.2) is 23.9 Å².